The van der Waals surface area contributed by atoms with Gasteiger partial charge in [-0.25, -0.2) is 4.79 Å². The van der Waals surface area contributed by atoms with Crippen molar-refractivity contribution in [1.82, 2.24) is 0 Å². The van der Waals surface area contributed by atoms with Crippen LogP contribution in [0.3, 0.4) is 0 Å². The summed E-state index contributed by atoms with van der Waals surface area (Å²) in [5, 5.41) is 8.73. The van der Waals surface area contributed by atoms with E-state index in [1.165, 1.54) is 39.0 Å². The normalized spacial score (nSPS) is 11.6. The standard InChI is InChI=1S/C11H11F3O.C10H10F3NO.C10H9F3O2/c1-6-4-5-9(11(12,13)14)10(7(6)2)8(3)15;2*1-5-3-4-7(10(11,12)13)8(6(5)2)9(14)15/h4-5H,1-3H3;3-4H,1-2H3,(H2,14,15);3-4H,1-2H3,(H,14,15). The fourth-order valence-corrected chi connectivity index (χ4v) is 4.20. The molecule has 0 aliphatic carbocycles. The quantitative estimate of drug-likeness (QED) is 0.218. The Morgan fingerprint density at radius 3 is 1.07 bits per heavy atom. The van der Waals surface area contributed by atoms with Crippen LogP contribution < -0.4 is 5.73 Å². The number of nitrogens with two attached hydrogens (primary N) is 1. The molecule has 0 atom stereocenters. The van der Waals surface area contributed by atoms with Crippen LogP contribution in [0.25, 0.3) is 0 Å². The number of amides is 1. The molecule has 45 heavy (non-hydrogen) atoms. The Bertz CT molecular complexity index is 1410. The van der Waals surface area contributed by atoms with Gasteiger partial charge in [0, 0.05) is 5.56 Å². The van der Waals surface area contributed by atoms with Crippen LogP contribution in [-0.2, 0) is 18.5 Å². The minimum atomic E-state index is -4.63. The van der Waals surface area contributed by atoms with Crippen molar-refractivity contribution >= 4 is 17.7 Å². The van der Waals surface area contributed by atoms with Crippen LogP contribution >= 0.6 is 0 Å². The highest BCUT2D eigenvalue weighted by molar-refractivity contribution is 5.97. The van der Waals surface area contributed by atoms with Crippen LogP contribution in [0.5, 0.6) is 0 Å². The first-order chi connectivity index (χ1) is 20.2. The van der Waals surface area contributed by atoms with E-state index in [1.54, 1.807) is 20.8 Å². The highest BCUT2D eigenvalue weighted by atomic mass is 19.4. The van der Waals surface area contributed by atoms with E-state index in [0.29, 0.717) is 22.3 Å². The zero-order valence-corrected chi connectivity index (χ0v) is 25.1. The fourth-order valence-electron chi connectivity index (χ4n) is 4.20. The summed E-state index contributed by atoms with van der Waals surface area (Å²) in [5.41, 5.74) is 3.34. The number of Topliss-reactive ketones (excluding diaryl/α,β-unsaturated/α-hetero) is 1. The second-order valence-electron chi connectivity index (χ2n) is 10.0. The van der Waals surface area contributed by atoms with E-state index >= 15 is 0 Å². The van der Waals surface area contributed by atoms with Gasteiger partial charge in [0.1, 0.15) is 0 Å². The molecule has 1 amide bonds. The number of benzene rings is 3. The highest BCUT2D eigenvalue weighted by Crippen LogP contribution is 2.36. The van der Waals surface area contributed by atoms with Gasteiger partial charge in [-0.15, -0.1) is 0 Å². The molecule has 3 rings (SSSR count). The third-order valence-electron chi connectivity index (χ3n) is 6.94. The monoisotopic (exact) mass is 651 g/mol. The molecule has 0 radical (unpaired) electrons. The summed E-state index contributed by atoms with van der Waals surface area (Å²) in [6.45, 7) is 10.4. The number of hydrogen-bond acceptors (Lipinski definition) is 3. The number of carbonyl (C=O) groups is 3. The van der Waals surface area contributed by atoms with Gasteiger partial charge in [0.25, 0.3) is 0 Å². The number of carboxylic acid groups (broad SMARTS) is 1. The van der Waals surface area contributed by atoms with E-state index in [-0.39, 0.29) is 16.7 Å². The average Bonchev–Trinajstić information content (AvgIpc) is 2.86. The largest absolute Gasteiger partial charge is 0.478 e. The molecule has 0 spiro atoms. The first-order valence-corrected chi connectivity index (χ1v) is 12.8. The maximum atomic E-state index is 12.6. The zero-order valence-electron chi connectivity index (χ0n) is 25.1. The third-order valence-corrected chi connectivity index (χ3v) is 6.94. The van der Waals surface area contributed by atoms with Crippen molar-refractivity contribution in [3.05, 3.63) is 103 Å². The number of aromatic carboxylic acids is 1. The summed E-state index contributed by atoms with van der Waals surface area (Å²) in [6.07, 6.45) is -13.7. The van der Waals surface area contributed by atoms with Crippen LogP contribution in [0, 0.1) is 41.5 Å². The van der Waals surface area contributed by atoms with E-state index in [4.69, 9.17) is 10.8 Å². The molecule has 0 unspecified atom stereocenters. The summed E-state index contributed by atoms with van der Waals surface area (Å²) in [4.78, 5) is 32.9. The van der Waals surface area contributed by atoms with Crippen molar-refractivity contribution in [1.29, 1.82) is 0 Å². The van der Waals surface area contributed by atoms with Gasteiger partial charge >= 0.3 is 24.5 Å². The van der Waals surface area contributed by atoms with Crippen molar-refractivity contribution in [2.24, 2.45) is 5.73 Å². The molecular formula is C31H30F9NO4. The summed E-state index contributed by atoms with van der Waals surface area (Å²) < 4.78 is 113. The number of carboxylic acids is 1. The van der Waals surface area contributed by atoms with Crippen molar-refractivity contribution in [3.63, 3.8) is 0 Å². The maximum absolute atomic E-state index is 12.6. The van der Waals surface area contributed by atoms with Crippen LogP contribution in [-0.4, -0.2) is 22.8 Å². The summed E-state index contributed by atoms with van der Waals surface area (Å²) in [5.74, 6) is -3.16. The highest BCUT2D eigenvalue weighted by Gasteiger charge is 2.37. The van der Waals surface area contributed by atoms with Crippen molar-refractivity contribution in [2.75, 3.05) is 0 Å². The second-order valence-corrected chi connectivity index (χ2v) is 10.0. The Kier molecular flexibility index (Phi) is 12.2. The summed E-state index contributed by atoms with van der Waals surface area (Å²) in [6, 6.07) is 6.60. The molecule has 0 heterocycles. The zero-order chi connectivity index (χ0) is 35.4. The van der Waals surface area contributed by atoms with Gasteiger partial charge in [-0.1, -0.05) is 18.2 Å². The van der Waals surface area contributed by atoms with E-state index < -0.39 is 64.0 Å². The predicted octanol–water partition coefficient (Wildman–Crippen LogP) is 8.97. The fraction of sp³-hybridized carbons (Fsp3) is 0.323. The van der Waals surface area contributed by atoms with Crippen molar-refractivity contribution in [3.8, 4) is 0 Å². The Labute approximate surface area is 252 Å². The number of rotatable bonds is 3. The van der Waals surface area contributed by atoms with E-state index in [0.717, 1.165) is 25.1 Å². The molecule has 5 nitrogen and oxygen atoms in total. The van der Waals surface area contributed by atoms with Crippen molar-refractivity contribution < 1.29 is 59.0 Å². The lowest BCUT2D eigenvalue weighted by molar-refractivity contribution is -0.138. The van der Waals surface area contributed by atoms with Crippen LogP contribution in [0.15, 0.2) is 36.4 Å². The Balaban J connectivity index is 0.000000337. The molecule has 0 aliphatic rings. The summed E-state index contributed by atoms with van der Waals surface area (Å²) >= 11 is 0. The molecule has 246 valence electrons. The first kappa shape index (κ1) is 38.7. The minimum Gasteiger partial charge on any atom is -0.478 e. The molecule has 0 aliphatic heterocycles. The predicted molar refractivity (Wildman–Crippen MR) is 148 cm³/mol. The Hall–Kier alpha value is -4.36. The molecule has 0 saturated carbocycles. The van der Waals surface area contributed by atoms with Crippen LogP contribution in [0.2, 0.25) is 0 Å². The molecule has 0 aromatic heterocycles. The Morgan fingerprint density at radius 2 is 0.800 bits per heavy atom. The molecule has 3 N–H and O–H groups in total. The topological polar surface area (TPSA) is 97.5 Å². The molecule has 14 heteroatoms. The number of alkyl halides is 9. The van der Waals surface area contributed by atoms with Crippen LogP contribution in [0.4, 0.5) is 39.5 Å². The van der Waals surface area contributed by atoms with Gasteiger partial charge < -0.3 is 10.8 Å². The Morgan fingerprint density at radius 1 is 0.533 bits per heavy atom. The van der Waals surface area contributed by atoms with Crippen molar-refractivity contribution in [2.45, 2.75) is 67.0 Å². The first-order valence-electron chi connectivity index (χ1n) is 12.8. The molecule has 0 fully saturated rings. The van der Waals surface area contributed by atoms with Crippen LogP contribution in [0.1, 0.15) is 88.1 Å². The second kappa shape index (κ2) is 14.2. The van der Waals surface area contributed by atoms with Gasteiger partial charge in [0.15, 0.2) is 5.78 Å². The number of carbonyl (C=O) groups excluding carboxylic acids is 2. The number of halogens is 9. The molecule has 0 bridgehead atoms. The minimum absolute atomic E-state index is 0.150. The third kappa shape index (κ3) is 9.56. The number of aryl methyl sites for hydroxylation is 3. The average molecular weight is 652 g/mol. The van der Waals surface area contributed by atoms with Gasteiger partial charge in [-0.3, -0.25) is 9.59 Å². The van der Waals surface area contributed by atoms with E-state index in [1.807, 2.05) is 0 Å². The number of hydrogen-bond donors (Lipinski definition) is 2. The van der Waals surface area contributed by atoms with Gasteiger partial charge in [-0.2, -0.15) is 39.5 Å². The van der Waals surface area contributed by atoms with Gasteiger partial charge in [0.2, 0.25) is 5.91 Å². The summed E-state index contributed by atoms with van der Waals surface area (Å²) in [7, 11) is 0. The van der Waals surface area contributed by atoms with E-state index in [2.05, 4.69) is 0 Å². The maximum Gasteiger partial charge on any atom is 0.417 e. The number of ketones is 1. The lowest BCUT2D eigenvalue weighted by Gasteiger charge is -2.14. The van der Waals surface area contributed by atoms with Gasteiger partial charge in [0.05, 0.1) is 27.8 Å². The SMILES string of the molecule is CC(=O)c1c(C(F)(F)F)ccc(C)c1C.Cc1ccc(C(F)(F)F)c(C(=O)O)c1C.Cc1ccc(C(F)(F)F)c(C(N)=O)c1C. The number of primary amides is 1. The molecule has 3 aromatic carbocycles. The lowest BCUT2D eigenvalue weighted by atomic mass is 9.95. The lowest BCUT2D eigenvalue weighted by Crippen LogP contribution is -2.20. The molecule has 0 saturated heterocycles. The van der Waals surface area contributed by atoms with E-state index in [9.17, 15) is 53.9 Å². The molecular weight excluding hydrogens is 621 g/mol. The smallest absolute Gasteiger partial charge is 0.417 e. The van der Waals surface area contributed by atoms with Gasteiger partial charge in [-0.05, 0) is 100 Å². The molecule has 3 aromatic rings.